The lowest BCUT2D eigenvalue weighted by Crippen LogP contribution is -2.50. The Kier molecular flexibility index (Phi) is 3.69. The van der Waals surface area contributed by atoms with Crippen LogP contribution < -0.4 is 5.32 Å². The van der Waals surface area contributed by atoms with Crippen LogP contribution in [0.5, 0.6) is 0 Å². The van der Waals surface area contributed by atoms with Gasteiger partial charge in [-0.3, -0.25) is 4.98 Å². The third-order valence-electron chi connectivity index (χ3n) is 3.91. The van der Waals surface area contributed by atoms with Gasteiger partial charge in [-0.05, 0) is 31.0 Å². The van der Waals surface area contributed by atoms with Crippen molar-refractivity contribution in [2.45, 2.75) is 56.8 Å². The third kappa shape index (κ3) is 3.17. The molecular weight excluding hydrogens is 226 g/mol. The molecule has 1 aliphatic carbocycles. The molecule has 0 aliphatic heterocycles. The fourth-order valence-electron chi connectivity index (χ4n) is 3.06. The van der Waals surface area contributed by atoms with Crippen molar-refractivity contribution >= 4 is 13.4 Å². The van der Waals surface area contributed by atoms with E-state index in [0.29, 0.717) is 0 Å². The second-order valence-corrected chi connectivity index (χ2v) is 10.7. The van der Waals surface area contributed by atoms with E-state index in [9.17, 15) is 5.11 Å². The van der Waals surface area contributed by atoms with Gasteiger partial charge in [-0.2, -0.15) is 0 Å². The van der Waals surface area contributed by atoms with Gasteiger partial charge in [0.2, 0.25) is 0 Å². The minimum Gasteiger partial charge on any atom is -0.390 e. The highest BCUT2D eigenvalue weighted by Crippen LogP contribution is 2.34. The maximum Gasteiger partial charge on any atom is 0.107 e. The van der Waals surface area contributed by atoms with E-state index < -0.39 is 13.7 Å². The molecule has 3 heteroatoms. The van der Waals surface area contributed by atoms with Crippen LogP contribution in [0.1, 0.15) is 32.1 Å². The molecule has 17 heavy (non-hydrogen) atoms. The third-order valence-corrected chi connectivity index (χ3v) is 7.14. The van der Waals surface area contributed by atoms with Crippen molar-refractivity contribution in [1.82, 2.24) is 4.98 Å². The van der Waals surface area contributed by atoms with Gasteiger partial charge in [0.25, 0.3) is 0 Å². The van der Waals surface area contributed by atoms with Crippen molar-refractivity contribution in [1.29, 1.82) is 0 Å². The minimum absolute atomic E-state index is 0.411. The molecule has 2 rings (SSSR count). The summed E-state index contributed by atoms with van der Waals surface area (Å²) >= 11 is 0. The first-order valence-corrected chi connectivity index (χ1v) is 9.87. The Balaban J connectivity index is 2.11. The van der Waals surface area contributed by atoms with Gasteiger partial charge in [0.05, 0.1) is 5.60 Å². The Morgan fingerprint density at radius 1 is 1.24 bits per heavy atom. The molecule has 0 unspecified atom stereocenters. The lowest BCUT2D eigenvalue weighted by atomic mass is 9.86. The quantitative estimate of drug-likeness (QED) is 0.836. The van der Waals surface area contributed by atoms with Crippen molar-refractivity contribution < 1.29 is 5.11 Å². The molecular formula is C14H23NOSi. The average molecular weight is 249 g/mol. The summed E-state index contributed by atoms with van der Waals surface area (Å²) in [5.41, 5.74) is -0.411. The summed E-state index contributed by atoms with van der Waals surface area (Å²) in [7, 11) is -1.60. The van der Waals surface area contributed by atoms with E-state index in [1.54, 1.807) is 0 Å². The Bertz CT molecular complexity index is 358. The molecule has 0 bridgehead atoms. The summed E-state index contributed by atoms with van der Waals surface area (Å²) in [4.78, 5) is 4.50. The zero-order valence-corrected chi connectivity index (χ0v) is 11.9. The van der Waals surface area contributed by atoms with Crippen LogP contribution in [0.25, 0.3) is 0 Å². The highest BCUT2D eigenvalue weighted by Gasteiger charge is 2.38. The zero-order chi connectivity index (χ0) is 12.4. The minimum atomic E-state index is -1.60. The lowest BCUT2D eigenvalue weighted by molar-refractivity contribution is 0.0215. The van der Waals surface area contributed by atoms with E-state index in [1.807, 2.05) is 12.3 Å². The summed E-state index contributed by atoms with van der Waals surface area (Å²) in [6.07, 6.45) is 7.49. The fourth-order valence-corrected chi connectivity index (χ4v) is 6.21. The Morgan fingerprint density at radius 3 is 2.53 bits per heavy atom. The zero-order valence-electron chi connectivity index (χ0n) is 10.9. The van der Waals surface area contributed by atoms with Gasteiger partial charge in [-0.25, -0.2) is 0 Å². The topological polar surface area (TPSA) is 33.1 Å². The van der Waals surface area contributed by atoms with Crippen molar-refractivity contribution in [3.63, 3.8) is 0 Å². The normalized spacial score (nSPS) is 20.2. The predicted octanol–water partition coefficient (Wildman–Crippen LogP) is 2.69. The van der Waals surface area contributed by atoms with E-state index in [2.05, 4.69) is 30.2 Å². The number of rotatable bonds is 3. The molecule has 1 N–H and O–H groups in total. The summed E-state index contributed by atoms with van der Waals surface area (Å²) in [5, 5.41) is 11.9. The van der Waals surface area contributed by atoms with Gasteiger partial charge >= 0.3 is 0 Å². The van der Waals surface area contributed by atoms with Crippen LogP contribution >= 0.6 is 0 Å². The van der Waals surface area contributed by atoms with Crippen LogP contribution in [0.15, 0.2) is 24.4 Å². The summed E-state index contributed by atoms with van der Waals surface area (Å²) in [5.74, 6) is 0. The van der Waals surface area contributed by atoms with Crippen LogP contribution in [-0.2, 0) is 0 Å². The second kappa shape index (κ2) is 4.90. The molecule has 0 atom stereocenters. The molecule has 0 amide bonds. The molecule has 0 spiro atoms. The van der Waals surface area contributed by atoms with Crippen molar-refractivity contribution in [2.24, 2.45) is 0 Å². The maximum atomic E-state index is 10.7. The highest BCUT2D eigenvalue weighted by molar-refractivity contribution is 6.89. The van der Waals surface area contributed by atoms with Crippen LogP contribution in [0, 0.1) is 0 Å². The molecule has 2 nitrogen and oxygen atoms in total. The molecule has 94 valence electrons. The monoisotopic (exact) mass is 249 g/mol. The maximum absolute atomic E-state index is 10.7. The number of aromatic nitrogens is 1. The first-order valence-electron chi connectivity index (χ1n) is 6.66. The van der Waals surface area contributed by atoms with Crippen LogP contribution in [0.4, 0.5) is 0 Å². The molecule has 1 fully saturated rings. The van der Waals surface area contributed by atoms with E-state index in [0.717, 1.165) is 18.9 Å². The van der Waals surface area contributed by atoms with Gasteiger partial charge in [-0.15, -0.1) is 0 Å². The van der Waals surface area contributed by atoms with E-state index in [-0.39, 0.29) is 0 Å². The first-order chi connectivity index (χ1) is 8.02. The fraction of sp³-hybridized carbons (Fsp3) is 0.643. The van der Waals surface area contributed by atoms with E-state index in [1.165, 1.54) is 24.6 Å². The number of hydrogen-bond donors (Lipinski definition) is 1. The average Bonchev–Trinajstić information content (AvgIpc) is 2.30. The highest BCUT2D eigenvalue weighted by atomic mass is 28.3. The molecule has 1 aromatic heterocycles. The van der Waals surface area contributed by atoms with Crippen LogP contribution in [0.2, 0.25) is 19.1 Å². The SMILES string of the molecule is C[Si](C)(CC1(O)CCCCC1)c1ccccn1. The summed E-state index contributed by atoms with van der Waals surface area (Å²) < 4.78 is 0. The van der Waals surface area contributed by atoms with E-state index in [4.69, 9.17) is 0 Å². The van der Waals surface area contributed by atoms with E-state index >= 15 is 0 Å². The molecule has 1 aliphatic rings. The van der Waals surface area contributed by atoms with Gasteiger partial charge < -0.3 is 5.11 Å². The summed E-state index contributed by atoms with van der Waals surface area (Å²) in [6.45, 7) is 4.64. The van der Waals surface area contributed by atoms with Gasteiger partial charge in [0, 0.05) is 11.5 Å². The predicted molar refractivity (Wildman–Crippen MR) is 74.2 cm³/mol. The Morgan fingerprint density at radius 2 is 1.94 bits per heavy atom. The molecule has 1 heterocycles. The van der Waals surface area contributed by atoms with Crippen molar-refractivity contribution in [2.75, 3.05) is 0 Å². The number of aliphatic hydroxyl groups is 1. The largest absolute Gasteiger partial charge is 0.390 e. The molecule has 1 aromatic rings. The molecule has 0 aromatic carbocycles. The standard InChI is InChI=1S/C14H23NOSi/c1-17(2,13-8-4-7-11-15-13)12-14(16)9-5-3-6-10-14/h4,7-8,11,16H,3,5-6,9-10,12H2,1-2H3. The molecule has 0 radical (unpaired) electrons. The van der Waals surface area contributed by atoms with Gasteiger partial charge in [0.1, 0.15) is 8.07 Å². The smallest absolute Gasteiger partial charge is 0.107 e. The van der Waals surface area contributed by atoms with Gasteiger partial charge in [0.15, 0.2) is 0 Å². The van der Waals surface area contributed by atoms with Crippen LogP contribution in [-0.4, -0.2) is 23.8 Å². The molecule has 0 saturated heterocycles. The Hall–Kier alpha value is -0.673. The van der Waals surface area contributed by atoms with Crippen molar-refractivity contribution in [3.05, 3.63) is 24.4 Å². The van der Waals surface area contributed by atoms with Gasteiger partial charge in [-0.1, -0.05) is 38.4 Å². The second-order valence-electron chi connectivity index (χ2n) is 6.06. The molecule has 1 saturated carbocycles. The number of hydrogen-bond acceptors (Lipinski definition) is 2. The Labute approximate surface area is 105 Å². The first kappa shape index (κ1) is 12.8. The summed E-state index contributed by atoms with van der Waals surface area (Å²) in [6, 6.07) is 7.10. The number of pyridine rings is 1. The number of nitrogens with zero attached hydrogens (tertiary/aromatic N) is 1. The lowest BCUT2D eigenvalue weighted by Gasteiger charge is -2.37. The van der Waals surface area contributed by atoms with Crippen LogP contribution in [0.3, 0.4) is 0 Å². The van der Waals surface area contributed by atoms with Crippen molar-refractivity contribution in [3.8, 4) is 0 Å².